The molecular weight excluding hydrogens is 336 g/mol. The van der Waals surface area contributed by atoms with E-state index in [1.807, 2.05) is 19.2 Å². The van der Waals surface area contributed by atoms with E-state index in [0.717, 1.165) is 27.5 Å². The number of ether oxygens (including phenoxy) is 1. The van der Waals surface area contributed by atoms with Gasteiger partial charge in [0.2, 0.25) is 0 Å². The first kappa shape index (κ1) is 15.5. The molecule has 0 unspecified atom stereocenters. The Morgan fingerprint density at radius 1 is 1.40 bits per heavy atom. The van der Waals surface area contributed by atoms with Crippen LogP contribution in [0.25, 0.3) is 0 Å². The number of benzene rings is 1. The zero-order valence-electron chi connectivity index (χ0n) is 11.9. The van der Waals surface area contributed by atoms with Gasteiger partial charge in [-0.1, -0.05) is 29.8 Å². The Morgan fingerprint density at radius 3 is 2.85 bits per heavy atom. The van der Waals surface area contributed by atoms with Crippen molar-refractivity contribution in [2.45, 2.75) is 32.9 Å². The first-order chi connectivity index (χ1) is 9.60. The predicted molar refractivity (Wildman–Crippen MR) is 87.4 cm³/mol. The number of nitrogens with zero attached hydrogens (tertiary/aromatic N) is 1. The Morgan fingerprint density at radius 2 is 2.20 bits per heavy atom. The summed E-state index contributed by atoms with van der Waals surface area (Å²) in [6, 6.07) is 6.04. The van der Waals surface area contributed by atoms with Crippen molar-refractivity contribution in [1.29, 1.82) is 0 Å². The maximum Gasteiger partial charge on any atom is 0.131 e. The lowest BCUT2D eigenvalue weighted by Crippen LogP contribution is -2.06. The summed E-state index contributed by atoms with van der Waals surface area (Å²) in [6.45, 7) is 5.64. The van der Waals surface area contributed by atoms with E-state index >= 15 is 0 Å². The van der Waals surface area contributed by atoms with Gasteiger partial charge in [0, 0.05) is 22.3 Å². The summed E-state index contributed by atoms with van der Waals surface area (Å²) >= 11 is 5.24. The third-order valence-corrected chi connectivity index (χ3v) is 4.80. The summed E-state index contributed by atoms with van der Waals surface area (Å²) in [5.74, 6) is 1.35. The summed E-state index contributed by atoms with van der Waals surface area (Å²) < 4.78 is 6.92. The molecule has 0 atom stereocenters. The van der Waals surface area contributed by atoms with Gasteiger partial charge in [-0.15, -0.1) is 11.3 Å². The molecular formula is C15H19BrN2OS. The van der Waals surface area contributed by atoms with Crippen LogP contribution in [0.15, 0.2) is 28.1 Å². The molecule has 0 saturated carbocycles. The van der Waals surface area contributed by atoms with E-state index in [2.05, 4.69) is 51.5 Å². The first-order valence-electron chi connectivity index (χ1n) is 6.60. The number of hydrogen-bond acceptors (Lipinski definition) is 4. The zero-order valence-corrected chi connectivity index (χ0v) is 14.3. The van der Waals surface area contributed by atoms with Crippen LogP contribution < -0.4 is 10.1 Å². The van der Waals surface area contributed by atoms with Crippen molar-refractivity contribution < 1.29 is 4.74 Å². The maximum absolute atomic E-state index is 5.82. The molecule has 2 aromatic rings. The average Bonchev–Trinajstić information content (AvgIpc) is 2.89. The monoisotopic (exact) mass is 354 g/mol. The van der Waals surface area contributed by atoms with E-state index in [1.54, 1.807) is 11.3 Å². The van der Waals surface area contributed by atoms with Gasteiger partial charge in [-0.05, 0) is 30.8 Å². The van der Waals surface area contributed by atoms with E-state index in [-0.39, 0.29) is 0 Å². The van der Waals surface area contributed by atoms with E-state index < -0.39 is 0 Å². The van der Waals surface area contributed by atoms with Crippen molar-refractivity contribution in [3.63, 3.8) is 0 Å². The van der Waals surface area contributed by atoms with Crippen molar-refractivity contribution >= 4 is 27.3 Å². The molecule has 2 rings (SSSR count). The molecule has 0 aliphatic rings. The first-order valence-corrected chi connectivity index (χ1v) is 8.27. The summed E-state index contributed by atoms with van der Waals surface area (Å²) in [5.41, 5.74) is 2.18. The number of halogens is 1. The van der Waals surface area contributed by atoms with E-state index in [4.69, 9.17) is 4.74 Å². The quantitative estimate of drug-likeness (QED) is 0.838. The second-order valence-electron chi connectivity index (χ2n) is 4.90. The highest BCUT2D eigenvalue weighted by molar-refractivity contribution is 9.10. The van der Waals surface area contributed by atoms with Gasteiger partial charge >= 0.3 is 0 Å². The highest BCUT2D eigenvalue weighted by Gasteiger charge is 2.07. The van der Waals surface area contributed by atoms with Crippen LogP contribution in [0, 0.1) is 0 Å². The molecule has 3 nitrogen and oxygen atoms in total. The van der Waals surface area contributed by atoms with E-state index in [0.29, 0.717) is 12.5 Å². The second-order valence-corrected chi connectivity index (χ2v) is 6.65. The molecule has 1 aromatic carbocycles. The Bertz CT molecular complexity index is 569. The molecule has 0 fully saturated rings. The fourth-order valence-corrected chi connectivity index (χ4v) is 2.98. The summed E-state index contributed by atoms with van der Waals surface area (Å²) in [7, 11) is 1.93. The topological polar surface area (TPSA) is 34.1 Å². The van der Waals surface area contributed by atoms with Crippen LogP contribution in [0.3, 0.4) is 0 Å². The molecule has 1 N–H and O–H groups in total. The van der Waals surface area contributed by atoms with Gasteiger partial charge in [0.15, 0.2) is 0 Å². The van der Waals surface area contributed by atoms with Crippen molar-refractivity contribution in [3.05, 3.63) is 44.3 Å². The molecule has 1 heterocycles. The van der Waals surface area contributed by atoms with Crippen LogP contribution in [-0.4, -0.2) is 12.0 Å². The Hall–Kier alpha value is -0.910. The highest BCUT2D eigenvalue weighted by atomic mass is 79.9. The lowest BCUT2D eigenvalue weighted by atomic mass is 10.2. The van der Waals surface area contributed by atoms with Crippen molar-refractivity contribution in [1.82, 2.24) is 10.3 Å². The SMILES string of the molecule is CNCc1cc(OCc2csc(C(C)C)n2)ccc1Br. The minimum atomic E-state index is 0.476. The van der Waals surface area contributed by atoms with Crippen LogP contribution in [0.5, 0.6) is 5.75 Å². The van der Waals surface area contributed by atoms with Crippen LogP contribution in [-0.2, 0) is 13.2 Å². The smallest absolute Gasteiger partial charge is 0.131 e. The molecule has 0 radical (unpaired) electrons. The van der Waals surface area contributed by atoms with E-state index in [1.165, 1.54) is 5.56 Å². The standard InChI is InChI=1S/C15H19BrN2OS/c1-10(2)15-18-12(9-20-15)8-19-13-4-5-14(16)11(6-13)7-17-3/h4-6,9-10,17H,7-8H2,1-3H3. The largest absolute Gasteiger partial charge is 0.487 e. The van der Waals surface area contributed by atoms with Gasteiger partial charge in [-0.3, -0.25) is 0 Å². The number of hydrogen-bond donors (Lipinski definition) is 1. The molecule has 0 spiro atoms. The van der Waals surface area contributed by atoms with Gasteiger partial charge in [-0.2, -0.15) is 0 Å². The Kier molecular flexibility index (Phi) is 5.57. The van der Waals surface area contributed by atoms with E-state index in [9.17, 15) is 0 Å². The molecule has 108 valence electrons. The molecule has 0 aliphatic heterocycles. The van der Waals surface area contributed by atoms with Crippen molar-refractivity contribution in [2.75, 3.05) is 7.05 Å². The van der Waals surface area contributed by atoms with Gasteiger partial charge < -0.3 is 10.1 Å². The van der Waals surface area contributed by atoms with Crippen molar-refractivity contribution in [3.8, 4) is 5.75 Å². The molecule has 20 heavy (non-hydrogen) atoms. The Balaban J connectivity index is 2.01. The molecule has 0 amide bonds. The van der Waals surface area contributed by atoms with Crippen molar-refractivity contribution in [2.24, 2.45) is 0 Å². The average molecular weight is 355 g/mol. The molecule has 0 saturated heterocycles. The molecule has 1 aromatic heterocycles. The summed E-state index contributed by atoms with van der Waals surface area (Å²) in [6.07, 6.45) is 0. The van der Waals surface area contributed by atoms with Crippen LogP contribution in [0.1, 0.15) is 36.0 Å². The van der Waals surface area contributed by atoms with Gasteiger partial charge in [0.05, 0.1) is 10.7 Å². The number of rotatable bonds is 6. The van der Waals surface area contributed by atoms with Crippen LogP contribution in [0.2, 0.25) is 0 Å². The van der Waals surface area contributed by atoms with Gasteiger partial charge in [0.25, 0.3) is 0 Å². The van der Waals surface area contributed by atoms with Crippen LogP contribution in [0.4, 0.5) is 0 Å². The Labute approximate surface area is 132 Å². The zero-order chi connectivity index (χ0) is 14.5. The fourth-order valence-electron chi connectivity index (χ4n) is 1.78. The molecule has 5 heteroatoms. The fraction of sp³-hybridized carbons (Fsp3) is 0.400. The van der Waals surface area contributed by atoms with Gasteiger partial charge in [-0.25, -0.2) is 4.98 Å². The summed E-state index contributed by atoms with van der Waals surface area (Å²) in [4.78, 5) is 4.57. The molecule has 0 aliphatic carbocycles. The third-order valence-electron chi connectivity index (χ3n) is 2.83. The molecule has 0 bridgehead atoms. The second kappa shape index (κ2) is 7.20. The van der Waals surface area contributed by atoms with Gasteiger partial charge in [0.1, 0.15) is 12.4 Å². The highest BCUT2D eigenvalue weighted by Crippen LogP contribution is 2.24. The lowest BCUT2D eigenvalue weighted by molar-refractivity contribution is 0.301. The maximum atomic E-state index is 5.82. The number of aromatic nitrogens is 1. The minimum Gasteiger partial charge on any atom is -0.487 e. The third kappa shape index (κ3) is 4.04. The minimum absolute atomic E-state index is 0.476. The summed E-state index contributed by atoms with van der Waals surface area (Å²) in [5, 5.41) is 6.38. The number of thiazole rings is 1. The lowest BCUT2D eigenvalue weighted by Gasteiger charge is -2.08. The normalized spacial score (nSPS) is 11.1. The predicted octanol–water partition coefficient (Wildman–Crippen LogP) is 4.33. The van der Waals surface area contributed by atoms with Crippen LogP contribution >= 0.6 is 27.3 Å². The number of nitrogens with one attached hydrogen (secondary N) is 1.